The van der Waals surface area contributed by atoms with Gasteiger partial charge in [0.1, 0.15) is 18.4 Å². The van der Waals surface area contributed by atoms with Crippen molar-refractivity contribution in [2.75, 3.05) is 13.2 Å². The van der Waals surface area contributed by atoms with Crippen LogP contribution >= 0.6 is 0 Å². The third-order valence-electron chi connectivity index (χ3n) is 2.86. The minimum absolute atomic E-state index is 0.266. The van der Waals surface area contributed by atoms with E-state index in [0.29, 0.717) is 0 Å². The number of primary amides is 1. The minimum Gasteiger partial charge on any atom is -0.491 e. The first-order valence-corrected chi connectivity index (χ1v) is 6.91. The minimum atomic E-state index is -0.435. The molecule has 1 aromatic rings. The van der Waals surface area contributed by atoms with Gasteiger partial charge < -0.3 is 15.8 Å². The van der Waals surface area contributed by atoms with Crippen molar-refractivity contribution >= 4 is 5.91 Å². The molecule has 0 saturated heterocycles. The van der Waals surface area contributed by atoms with E-state index in [-0.39, 0.29) is 12.5 Å². The summed E-state index contributed by atoms with van der Waals surface area (Å²) in [5, 5.41) is 3.07. The Bertz CT molecular complexity index is 376. The Balaban J connectivity index is 2.46. The molecule has 1 rings (SSSR count). The van der Waals surface area contributed by atoms with Gasteiger partial charge in [0.05, 0.1) is 0 Å². The van der Waals surface area contributed by atoms with E-state index in [1.165, 1.54) is 5.56 Å². The zero-order chi connectivity index (χ0) is 14.1. The SMILES string of the molecule is CCCNC(COc1ccc(CCC)cc1)C(N)=O. The van der Waals surface area contributed by atoms with E-state index >= 15 is 0 Å². The Kier molecular flexibility index (Phi) is 6.97. The molecule has 0 aromatic heterocycles. The molecule has 4 nitrogen and oxygen atoms in total. The number of carbonyl (C=O) groups excluding carboxylic acids is 1. The van der Waals surface area contributed by atoms with Gasteiger partial charge in [0.15, 0.2) is 0 Å². The molecule has 4 heteroatoms. The average Bonchev–Trinajstić information content (AvgIpc) is 2.40. The average molecular weight is 264 g/mol. The Morgan fingerprint density at radius 3 is 2.47 bits per heavy atom. The fourth-order valence-electron chi connectivity index (χ4n) is 1.78. The summed E-state index contributed by atoms with van der Waals surface area (Å²) in [4.78, 5) is 11.2. The van der Waals surface area contributed by atoms with Crippen molar-refractivity contribution in [2.24, 2.45) is 5.73 Å². The molecule has 1 atom stereocenters. The molecule has 19 heavy (non-hydrogen) atoms. The van der Waals surface area contributed by atoms with Gasteiger partial charge in [-0.15, -0.1) is 0 Å². The molecule has 0 fully saturated rings. The van der Waals surface area contributed by atoms with Crippen molar-refractivity contribution in [3.05, 3.63) is 29.8 Å². The molecule has 106 valence electrons. The van der Waals surface area contributed by atoms with Gasteiger partial charge in [-0.2, -0.15) is 0 Å². The molecule has 0 bridgehead atoms. The van der Waals surface area contributed by atoms with Gasteiger partial charge in [0.2, 0.25) is 5.91 Å². The molecule has 1 unspecified atom stereocenters. The summed E-state index contributed by atoms with van der Waals surface area (Å²) in [5.41, 5.74) is 6.62. The molecular weight excluding hydrogens is 240 g/mol. The highest BCUT2D eigenvalue weighted by Crippen LogP contribution is 2.13. The first kappa shape index (κ1) is 15.5. The topological polar surface area (TPSA) is 64.3 Å². The molecule has 3 N–H and O–H groups in total. The summed E-state index contributed by atoms with van der Waals surface area (Å²) in [7, 11) is 0. The van der Waals surface area contributed by atoms with Gasteiger partial charge in [-0.25, -0.2) is 0 Å². The van der Waals surface area contributed by atoms with Crippen molar-refractivity contribution < 1.29 is 9.53 Å². The van der Waals surface area contributed by atoms with Crippen LogP contribution < -0.4 is 15.8 Å². The Morgan fingerprint density at radius 2 is 1.95 bits per heavy atom. The maximum Gasteiger partial charge on any atom is 0.238 e. The summed E-state index contributed by atoms with van der Waals surface area (Å²) < 4.78 is 5.60. The predicted molar refractivity (Wildman–Crippen MR) is 77.2 cm³/mol. The monoisotopic (exact) mass is 264 g/mol. The lowest BCUT2D eigenvalue weighted by molar-refractivity contribution is -0.120. The van der Waals surface area contributed by atoms with Crippen molar-refractivity contribution in [1.29, 1.82) is 0 Å². The van der Waals surface area contributed by atoms with Gasteiger partial charge in [-0.3, -0.25) is 4.79 Å². The number of carbonyl (C=O) groups is 1. The first-order chi connectivity index (χ1) is 9.17. The van der Waals surface area contributed by atoms with Crippen molar-refractivity contribution in [3.63, 3.8) is 0 Å². The molecule has 1 amide bonds. The number of aryl methyl sites for hydroxylation is 1. The number of hydrogen-bond donors (Lipinski definition) is 2. The fourth-order valence-corrected chi connectivity index (χ4v) is 1.78. The number of nitrogens with two attached hydrogens (primary N) is 1. The highest BCUT2D eigenvalue weighted by Gasteiger charge is 2.14. The second-order valence-electron chi connectivity index (χ2n) is 4.61. The largest absolute Gasteiger partial charge is 0.491 e. The summed E-state index contributed by atoms with van der Waals surface area (Å²) in [6, 6.07) is 7.54. The normalized spacial score (nSPS) is 12.1. The Labute approximate surface area is 115 Å². The quantitative estimate of drug-likeness (QED) is 0.715. The lowest BCUT2D eigenvalue weighted by atomic mass is 10.1. The zero-order valence-corrected chi connectivity index (χ0v) is 11.8. The van der Waals surface area contributed by atoms with Gasteiger partial charge in [-0.1, -0.05) is 32.4 Å². The summed E-state index contributed by atoms with van der Waals surface area (Å²) in [6.07, 6.45) is 3.16. The van der Waals surface area contributed by atoms with Gasteiger partial charge in [0, 0.05) is 0 Å². The molecular formula is C15H24N2O2. The smallest absolute Gasteiger partial charge is 0.238 e. The molecule has 0 heterocycles. The number of amides is 1. The molecule has 1 aromatic carbocycles. The van der Waals surface area contributed by atoms with Gasteiger partial charge in [-0.05, 0) is 37.1 Å². The Morgan fingerprint density at radius 1 is 1.26 bits per heavy atom. The van der Waals surface area contributed by atoms with Crippen LogP contribution in [0.5, 0.6) is 5.75 Å². The lowest BCUT2D eigenvalue weighted by Gasteiger charge is -2.16. The van der Waals surface area contributed by atoms with E-state index in [2.05, 4.69) is 24.4 Å². The fraction of sp³-hybridized carbons (Fsp3) is 0.533. The van der Waals surface area contributed by atoms with Crippen LogP contribution in [0.3, 0.4) is 0 Å². The van der Waals surface area contributed by atoms with Crippen LogP contribution in [-0.4, -0.2) is 25.1 Å². The van der Waals surface area contributed by atoms with Crippen LogP contribution in [0.1, 0.15) is 32.3 Å². The number of benzene rings is 1. The number of rotatable bonds is 9. The highest BCUT2D eigenvalue weighted by molar-refractivity contribution is 5.80. The van der Waals surface area contributed by atoms with Crippen LogP contribution in [0, 0.1) is 0 Å². The standard InChI is InChI=1S/C15H24N2O2/c1-3-5-12-6-8-13(9-7-12)19-11-14(15(16)18)17-10-4-2/h6-9,14,17H,3-5,10-11H2,1-2H3,(H2,16,18). The third-order valence-corrected chi connectivity index (χ3v) is 2.86. The van der Waals surface area contributed by atoms with Crippen LogP contribution in [0.4, 0.5) is 0 Å². The summed E-state index contributed by atoms with van der Waals surface area (Å²) in [5.74, 6) is 0.389. The molecule has 0 saturated carbocycles. The van der Waals surface area contributed by atoms with Gasteiger partial charge in [0.25, 0.3) is 0 Å². The maximum atomic E-state index is 11.2. The van der Waals surface area contributed by atoms with Crippen LogP contribution in [0.2, 0.25) is 0 Å². The molecule has 0 aliphatic rings. The highest BCUT2D eigenvalue weighted by atomic mass is 16.5. The zero-order valence-electron chi connectivity index (χ0n) is 11.8. The first-order valence-electron chi connectivity index (χ1n) is 6.91. The Hall–Kier alpha value is -1.55. The molecule has 0 aliphatic carbocycles. The summed E-state index contributed by atoms with van der Waals surface area (Å²) in [6.45, 7) is 5.22. The molecule has 0 radical (unpaired) electrons. The van der Waals surface area contributed by atoms with E-state index in [1.54, 1.807) is 0 Å². The van der Waals surface area contributed by atoms with Crippen LogP contribution in [0.15, 0.2) is 24.3 Å². The summed E-state index contributed by atoms with van der Waals surface area (Å²) >= 11 is 0. The van der Waals surface area contributed by atoms with Crippen LogP contribution in [0.25, 0.3) is 0 Å². The predicted octanol–water partition coefficient (Wildman–Crippen LogP) is 1.87. The van der Waals surface area contributed by atoms with Crippen molar-refractivity contribution in [3.8, 4) is 5.75 Å². The van der Waals surface area contributed by atoms with E-state index in [4.69, 9.17) is 10.5 Å². The third kappa shape index (κ3) is 5.75. The van der Waals surface area contributed by atoms with E-state index in [0.717, 1.165) is 31.6 Å². The van der Waals surface area contributed by atoms with E-state index in [1.807, 2.05) is 19.1 Å². The second-order valence-corrected chi connectivity index (χ2v) is 4.61. The van der Waals surface area contributed by atoms with Gasteiger partial charge >= 0.3 is 0 Å². The maximum absolute atomic E-state index is 11.2. The number of nitrogens with one attached hydrogen (secondary N) is 1. The van der Waals surface area contributed by atoms with E-state index < -0.39 is 6.04 Å². The second kappa shape index (κ2) is 8.53. The number of hydrogen-bond acceptors (Lipinski definition) is 3. The van der Waals surface area contributed by atoms with Crippen molar-refractivity contribution in [2.45, 2.75) is 39.2 Å². The molecule has 0 spiro atoms. The van der Waals surface area contributed by atoms with Crippen LogP contribution in [-0.2, 0) is 11.2 Å². The lowest BCUT2D eigenvalue weighted by Crippen LogP contribution is -2.45. The number of ether oxygens (including phenoxy) is 1. The van der Waals surface area contributed by atoms with Crippen molar-refractivity contribution in [1.82, 2.24) is 5.32 Å². The molecule has 0 aliphatic heterocycles. The van der Waals surface area contributed by atoms with E-state index in [9.17, 15) is 4.79 Å².